The second-order valence-corrected chi connectivity index (χ2v) is 12.3. The van der Waals surface area contributed by atoms with Gasteiger partial charge in [0.25, 0.3) is 5.91 Å². The van der Waals surface area contributed by atoms with Crippen LogP contribution in [0.1, 0.15) is 48.5 Å². The number of H-pyrrole nitrogens is 1. The summed E-state index contributed by atoms with van der Waals surface area (Å²) >= 11 is 0. The van der Waals surface area contributed by atoms with Crippen LogP contribution in [0.5, 0.6) is 0 Å². The van der Waals surface area contributed by atoms with E-state index < -0.39 is 62.0 Å². The molecule has 0 aliphatic carbocycles. The Morgan fingerprint density at radius 1 is 0.911 bits per heavy atom. The number of sulfonamides is 1. The van der Waals surface area contributed by atoms with E-state index in [0.717, 1.165) is 12.3 Å². The summed E-state index contributed by atoms with van der Waals surface area (Å²) in [6.45, 7) is 1.52. The minimum atomic E-state index is -5.24. The Labute approximate surface area is 253 Å². The van der Waals surface area contributed by atoms with E-state index in [1.54, 1.807) is 30.5 Å². The normalized spacial score (nSPS) is 14.5. The summed E-state index contributed by atoms with van der Waals surface area (Å²) in [6, 6.07) is 9.88. The molecule has 1 saturated heterocycles. The van der Waals surface area contributed by atoms with Gasteiger partial charge in [-0.25, -0.2) is 8.42 Å². The van der Waals surface area contributed by atoms with Gasteiger partial charge in [-0.15, -0.1) is 0 Å². The number of para-hydroxylation sites is 1. The molecule has 15 heteroatoms. The highest BCUT2D eigenvalue weighted by Gasteiger charge is 2.38. The Morgan fingerprint density at radius 3 is 2.13 bits per heavy atom. The van der Waals surface area contributed by atoms with Crippen molar-refractivity contribution < 1.29 is 44.3 Å². The number of halogens is 6. The van der Waals surface area contributed by atoms with Crippen LogP contribution in [0.2, 0.25) is 0 Å². The number of alkyl halides is 6. The number of anilines is 1. The summed E-state index contributed by atoms with van der Waals surface area (Å²) < 4.78 is 109. The molecule has 0 radical (unpaired) electrons. The van der Waals surface area contributed by atoms with Crippen molar-refractivity contribution in [3.63, 3.8) is 0 Å². The molecule has 1 aromatic heterocycles. The summed E-state index contributed by atoms with van der Waals surface area (Å²) in [4.78, 5) is 32.5. The lowest BCUT2D eigenvalue weighted by molar-refractivity contribution is -0.143. The molecule has 1 fully saturated rings. The predicted molar refractivity (Wildman–Crippen MR) is 155 cm³/mol. The van der Waals surface area contributed by atoms with E-state index in [1.807, 2.05) is 0 Å². The Balaban J connectivity index is 1.79. The lowest BCUT2D eigenvalue weighted by Gasteiger charge is -2.29. The first-order valence-corrected chi connectivity index (χ1v) is 15.4. The van der Waals surface area contributed by atoms with Crippen LogP contribution in [0, 0.1) is 0 Å². The second-order valence-electron chi connectivity index (χ2n) is 10.6. The van der Waals surface area contributed by atoms with Gasteiger partial charge < -0.3 is 15.2 Å². The minimum absolute atomic E-state index is 0.0485. The molecule has 1 aliphatic rings. The number of aromatic amines is 1. The molecule has 45 heavy (non-hydrogen) atoms. The monoisotopic (exact) mass is 652 g/mol. The number of hydrogen-bond donors (Lipinski definition) is 3. The van der Waals surface area contributed by atoms with Gasteiger partial charge in [0.05, 0.1) is 28.6 Å². The highest BCUT2D eigenvalue weighted by molar-refractivity contribution is 7.92. The summed E-state index contributed by atoms with van der Waals surface area (Å²) in [6.07, 6.45) is -8.30. The number of carbonyl (C=O) groups excluding carboxylic acids is 2. The molecule has 4 aromatic rings. The molecular weight excluding hydrogens is 626 g/mol. The second kappa shape index (κ2) is 11.9. The van der Waals surface area contributed by atoms with Crippen molar-refractivity contribution in [3.05, 3.63) is 99.7 Å². The topological polar surface area (TPSA) is 111 Å². The maximum absolute atomic E-state index is 14.2. The Morgan fingerprint density at radius 2 is 1.53 bits per heavy atom. The fourth-order valence-electron chi connectivity index (χ4n) is 5.31. The summed E-state index contributed by atoms with van der Waals surface area (Å²) in [5.41, 5.74) is -4.24. The molecule has 8 nitrogen and oxygen atoms in total. The number of nitrogens with one attached hydrogen (secondary N) is 3. The van der Waals surface area contributed by atoms with Crippen molar-refractivity contribution in [1.82, 2.24) is 15.2 Å². The van der Waals surface area contributed by atoms with Gasteiger partial charge in [-0.05, 0) is 47.5 Å². The van der Waals surface area contributed by atoms with Crippen molar-refractivity contribution in [2.24, 2.45) is 0 Å². The third-order valence-electron chi connectivity index (χ3n) is 7.36. The fourth-order valence-corrected chi connectivity index (χ4v) is 5.88. The van der Waals surface area contributed by atoms with Crippen LogP contribution >= 0.6 is 0 Å². The number of rotatable bonds is 7. The molecule has 1 amide bonds. The number of piperazine rings is 1. The van der Waals surface area contributed by atoms with E-state index in [1.165, 1.54) is 11.0 Å². The highest BCUT2D eigenvalue weighted by Crippen LogP contribution is 2.38. The quantitative estimate of drug-likeness (QED) is 0.182. The molecule has 0 unspecified atom stereocenters. The summed E-state index contributed by atoms with van der Waals surface area (Å²) in [5.74, 6) is -1.87. The lowest BCUT2D eigenvalue weighted by Crippen LogP contribution is -2.46. The fraction of sp³-hybridized carbons (Fsp3) is 0.267. The molecule has 0 saturated carbocycles. The van der Waals surface area contributed by atoms with Crippen molar-refractivity contribution in [2.75, 3.05) is 37.2 Å². The van der Waals surface area contributed by atoms with Crippen molar-refractivity contribution >= 4 is 38.3 Å². The molecule has 0 atom stereocenters. The smallest absolute Gasteiger partial charge is 0.361 e. The van der Waals surface area contributed by atoms with Crippen LogP contribution < -0.4 is 10.0 Å². The average molecular weight is 653 g/mol. The largest absolute Gasteiger partial charge is 0.416 e. The molecule has 3 N–H and O–H groups in total. The summed E-state index contributed by atoms with van der Waals surface area (Å²) in [7, 11) is -4.12. The standard InChI is InChI=1S/C30H26F6N4O4S/c1-45(43,44)39-25-7-6-22(28(42)40-10-8-37-9-11-40)23(14-18-16-38-24-5-3-2-4-21(18)24)26(25)27(41)17-12-19(29(31,32)33)15-20(13-17)30(34,35)36/h2-7,12-13,15-16,37-39H,8-11,14H2,1H3. The highest BCUT2D eigenvalue weighted by atomic mass is 32.2. The number of hydrogen-bond acceptors (Lipinski definition) is 5. The number of benzene rings is 3. The van der Waals surface area contributed by atoms with Gasteiger partial charge in [0, 0.05) is 60.8 Å². The molecular formula is C30H26F6N4O4S. The first-order valence-electron chi connectivity index (χ1n) is 13.6. The van der Waals surface area contributed by atoms with Gasteiger partial charge in [-0.2, -0.15) is 26.3 Å². The predicted octanol–water partition coefficient (Wildman–Crippen LogP) is 5.44. The van der Waals surface area contributed by atoms with Gasteiger partial charge in [-0.1, -0.05) is 18.2 Å². The number of nitrogens with zero attached hydrogens (tertiary/aromatic N) is 1. The van der Waals surface area contributed by atoms with E-state index in [9.17, 15) is 44.3 Å². The van der Waals surface area contributed by atoms with Gasteiger partial charge in [0.2, 0.25) is 10.0 Å². The third-order valence-corrected chi connectivity index (χ3v) is 7.95. The molecule has 1 aliphatic heterocycles. The van der Waals surface area contributed by atoms with E-state index in [-0.39, 0.29) is 35.7 Å². The Bertz CT molecular complexity index is 1860. The van der Waals surface area contributed by atoms with Crippen LogP contribution in [0.15, 0.2) is 60.8 Å². The van der Waals surface area contributed by atoms with E-state index in [4.69, 9.17) is 0 Å². The zero-order valence-electron chi connectivity index (χ0n) is 23.6. The SMILES string of the molecule is CS(=O)(=O)Nc1ccc(C(=O)N2CCNCC2)c(Cc2c[nH]c3ccccc23)c1C(=O)c1cc(C(F)(F)F)cc(C(F)(F)F)c1. The number of amides is 1. The number of carbonyl (C=O) groups is 2. The zero-order chi connectivity index (χ0) is 32.7. The lowest BCUT2D eigenvalue weighted by atomic mass is 9.87. The molecule has 2 heterocycles. The van der Waals surface area contributed by atoms with E-state index >= 15 is 0 Å². The van der Waals surface area contributed by atoms with Gasteiger partial charge in [0.15, 0.2) is 5.78 Å². The van der Waals surface area contributed by atoms with Crippen molar-refractivity contribution in [3.8, 4) is 0 Å². The molecule has 5 rings (SSSR count). The van der Waals surface area contributed by atoms with Crippen LogP contribution in [0.25, 0.3) is 10.9 Å². The first kappa shape index (κ1) is 32.0. The van der Waals surface area contributed by atoms with E-state index in [2.05, 4.69) is 15.0 Å². The van der Waals surface area contributed by atoms with Crippen molar-refractivity contribution in [1.29, 1.82) is 0 Å². The van der Waals surface area contributed by atoms with Crippen molar-refractivity contribution in [2.45, 2.75) is 18.8 Å². The minimum Gasteiger partial charge on any atom is -0.361 e. The van der Waals surface area contributed by atoms with Crippen LogP contribution in [0.4, 0.5) is 32.0 Å². The average Bonchev–Trinajstić information content (AvgIpc) is 3.38. The Hall–Kier alpha value is -4.37. The van der Waals surface area contributed by atoms with Crippen LogP contribution in [-0.2, 0) is 28.8 Å². The maximum atomic E-state index is 14.2. The molecule has 0 spiro atoms. The third kappa shape index (κ3) is 6.99. The van der Waals surface area contributed by atoms with E-state index in [0.29, 0.717) is 42.6 Å². The molecule has 238 valence electrons. The number of ketones is 1. The zero-order valence-corrected chi connectivity index (χ0v) is 24.4. The maximum Gasteiger partial charge on any atom is 0.416 e. The molecule has 0 bridgehead atoms. The number of fused-ring (bicyclic) bond motifs is 1. The first-order chi connectivity index (χ1) is 21.0. The Kier molecular flexibility index (Phi) is 8.44. The van der Waals surface area contributed by atoms with Gasteiger partial charge in [-0.3, -0.25) is 14.3 Å². The van der Waals surface area contributed by atoms with Gasteiger partial charge in [0.1, 0.15) is 0 Å². The molecule has 3 aromatic carbocycles. The van der Waals surface area contributed by atoms with Gasteiger partial charge >= 0.3 is 12.4 Å². The van der Waals surface area contributed by atoms with Crippen LogP contribution in [-0.4, -0.2) is 62.4 Å². The number of aromatic nitrogens is 1. The van der Waals surface area contributed by atoms with Crippen LogP contribution in [0.3, 0.4) is 0 Å². The summed E-state index contributed by atoms with van der Waals surface area (Å²) in [5, 5.41) is 3.78.